The molecule has 2 aromatic carbocycles. The van der Waals surface area contributed by atoms with E-state index in [1.165, 1.54) is 6.92 Å². The number of hydrogen-bond acceptors (Lipinski definition) is 2. The highest BCUT2D eigenvalue weighted by atomic mass is 16.2. The molecule has 0 saturated heterocycles. The Bertz CT molecular complexity index is 702. The topological polar surface area (TPSA) is 37.4 Å². The maximum Gasteiger partial charge on any atom is 0.220 e. The Kier molecular flexibility index (Phi) is 6.13. The largest absolute Gasteiger partial charge is 0.324 e. The van der Waals surface area contributed by atoms with Crippen molar-refractivity contribution in [1.82, 2.24) is 4.90 Å². The molecule has 0 aromatic heterocycles. The average Bonchev–Trinajstić information content (AvgIpc) is 2.54. The predicted octanol–water partition coefficient (Wildman–Crippen LogP) is 4.78. The molecule has 0 N–H and O–H groups in total. The molecule has 0 radical (unpaired) electrons. The number of Topliss-reactive ketones (excluding diaryl/α,β-unsaturated/α-hetero) is 1. The van der Waals surface area contributed by atoms with Crippen molar-refractivity contribution < 1.29 is 9.59 Å². The number of benzene rings is 2. The Hall–Kier alpha value is -2.42. The second-order valence-corrected chi connectivity index (χ2v) is 7.65. The molecule has 2 aromatic rings. The van der Waals surface area contributed by atoms with Gasteiger partial charge in [0.15, 0.2) is 5.78 Å². The van der Waals surface area contributed by atoms with Crippen LogP contribution in [-0.2, 0) is 16.1 Å². The summed E-state index contributed by atoms with van der Waals surface area (Å²) in [4.78, 5) is 27.2. The Labute approximate surface area is 150 Å². The van der Waals surface area contributed by atoms with E-state index in [4.69, 9.17) is 0 Å². The van der Waals surface area contributed by atoms with E-state index in [-0.39, 0.29) is 17.1 Å². The molecular weight excluding hydrogens is 310 g/mol. The zero-order chi connectivity index (χ0) is 18.4. The lowest BCUT2D eigenvalue weighted by atomic mass is 9.85. The zero-order valence-electron chi connectivity index (χ0n) is 15.5. The van der Waals surface area contributed by atoms with Crippen LogP contribution in [0.4, 0.5) is 0 Å². The van der Waals surface area contributed by atoms with Crippen molar-refractivity contribution in [2.45, 2.75) is 46.7 Å². The molecule has 0 heterocycles. The molecule has 1 atom stereocenters. The Morgan fingerprint density at radius 2 is 1.44 bits per heavy atom. The second-order valence-electron chi connectivity index (χ2n) is 7.65. The van der Waals surface area contributed by atoms with Gasteiger partial charge in [0.05, 0.1) is 0 Å². The number of hydrogen-bond donors (Lipinski definition) is 0. The molecule has 0 saturated carbocycles. The molecule has 132 valence electrons. The third-order valence-corrected chi connectivity index (χ3v) is 4.04. The van der Waals surface area contributed by atoms with Crippen LogP contribution >= 0.6 is 0 Å². The third-order valence-electron chi connectivity index (χ3n) is 4.04. The first-order valence-corrected chi connectivity index (χ1v) is 8.67. The second kappa shape index (κ2) is 8.11. The summed E-state index contributed by atoms with van der Waals surface area (Å²) in [7, 11) is 0. The Balaban J connectivity index is 2.40. The van der Waals surface area contributed by atoms with Gasteiger partial charge in [-0.2, -0.15) is 0 Å². The van der Waals surface area contributed by atoms with Crippen LogP contribution in [0, 0.1) is 5.41 Å². The fourth-order valence-corrected chi connectivity index (χ4v) is 2.96. The first-order valence-electron chi connectivity index (χ1n) is 8.67. The normalized spacial score (nSPS) is 12.5. The smallest absolute Gasteiger partial charge is 0.220 e. The van der Waals surface area contributed by atoms with Crippen LogP contribution in [0.2, 0.25) is 0 Å². The van der Waals surface area contributed by atoms with Gasteiger partial charge < -0.3 is 4.90 Å². The van der Waals surface area contributed by atoms with Crippen molar-refractivity contribution in [3.8, 4) is 0 Å². The highest BCUT2D eigenvalue weighted by Gasteiger charge is 2.31. The van der Waals surface area contributed by atoms with Gasteiger partial charge in [0.25, 0.3) is 0 Å². The highest BCUT2D eigenvalue weighted by Crippen LogP contribution is 2.30. The summed E-state index contributed by atoms with van der Waals surface area (Å²) in [6, 6.07) is 18.8. The predicted molar refractivity (Wildman–Crippen MR) is 101 cm³/mol. The molecule has 1 unspecified atom stereocenters. The van der Waals surface area contributed by atoms with Gasteiger partial charge in [0, 0.05) is 19.9 Å². The lowest BCUT2D eigenvalue weighted by Crippen LogP contribution is -2.38. The van der Waals surface area contributed by atoms with E-state index in [1.54, 1.807) is 4.90 Å². The highest BCUT2D eigenvalue weighted by molar-refractivity contribution is 5.89. The molecule has 0 aliphatic rings. The van der Waals surface area contributed by atoms with Gasteiger partial charge >= 0.3 is 0 Å². The van der Waals surface area contributed by atoms with E-state index in [0.29, 0.717) is 13.0 Å². The zero-order valence-corrected chi connectivity index (χ0v) is 15.5. The van der Waals surface area contributed by atoms with E-state index in [1.807, 2.05) is 81.4 Å². The van der Waals surface area contributed by atoms with Crippen molar-refractivity contribution in [3.63, 3.8) is 0 Å². The molecule has 0 aliphatic heterocycles. The summed E-state index contributed by atoms with van der Waals surface area (Å²) in [5.74, 6) is -0.0233. The summed E-state index contributed by atoms with van der Waals surface area (Å²) in [5, 5.41) is 0. The van der Waals surface area contributed by atoms with Crippen molar-refractivity contribution >= 4 is 11.7 Å². The Morgan fingerprint density at radius 3 is 1.92 bits per heavy atom. The van der Waals surface area contributed by atoms with E-state index >= 15 is 0 Å². The molecular formula is C22H27NO2. The molecule has 25 heavy (non-hydrogen) atoms. The van der Waals surface area contributed by atoms with Crippen LogP contribution in [-0.4, -0.2) is 16.6 Å². The minimum atomic E-state index is -0.557. The summed E-state index contributed by atoms with van der Waals surface area (Å²) in [5.41, 5.74) is 1.75. The Morgan fingerprint density at radius 1 is 0.920 bits per heavy atom. The summed E-state index contributed by atoms with van der Waals surface area (Å²) < 4.78 is 0. The maximum atomic E-state index is 13.1. The molecule has 0 bridgehead atoms. The van der Waals surface area contributed by atoms with Crippen LogP contribution < -0.4 is 0 Å². The molecule has 1 amide bonds. The molecule has 0 aliphatic carbocycles. The van der Waals surface area contributed by atoms with Crippen LogP contribution in [0.25, 0.3) is 0 Å². The standard InChI is InChI=1S/C22H27NO2/c1-17(24)23(16-18-11-7-5-8-12-18)21(19-13-9-6-10-14-19)20(25)15-22(2,3)4/h5-14,21H,15-16H2,1-4H3. The van der Waals surface area contributed by atoms with E-state index < -0.39 is 6.04 Å². The van der Waals surface area contributed by atoms with Gasteiger partial charge in [0.1, 0.15) is 6.04 Å². The lowest BCUT2D eigenvalue weighted by Gasteiger charge is -2.32. The van der Waals surface area contributed by atoms with Crippen molar-refractivity contribution in [2.75, 3.05) is 0 Å². The number of amides is 1. The van der Waals surface area contributed by atoms with Gasteiger partial charge in [-0.05, 0) is 16.5 Å². The van der Waals surface area contributed by atoms with Crippen molar-refractivity contribution in [2.24, 2.45) is 5.41 Å². The lowest BCUT2D eigenvalue weighted by molar-refractivity contribution is -0.139. The van der Waals surface area contributed by atoms with Crippen LogP contribution in [0.1, 0.15) is 51.3 Å². The summed E-state index contributed by atoms with van der Waals surface area (Å²) >= 11 is 0. The average molecular weight is 337 g/mol. The molecule has 2 rings (SSSR count). The van der Waals surface area contributed by atoms with Gasteiger partial charge in [-0.15, -0.1) is 0 Å². The van der Waals surface area contributed by atoms with Gasteiger partial charge in [0.2, 0.25) is 5.91 Å². The molecule has 3 nitrogen and oxygen atoms in total. The number of rotatable bonds is 6. The number of nitrogens with zero attached hydrogens (tertiary/aromatic N) is 1. The van der Waals surface area contributed by atoms with E-state index in [2.05, 4.69) is 0 Å². The first-order chi connectivity index (χ1) is 11.8. The fourth-order valence-electron chi connectivity index (χ4n) is 2.96. The maximum absolute atomic E-state index is 13.1. The van der Waals surface area contributed by atoms with E-state index in [0.717, 1.165) is 11.1 Å². The van der Waals surface area contributed by atoms with Crippen LogP contribution in [0.3, 0.4) is 0 Å². The van der Waals surface area contributed by atoms with Crippen LogP contribution in [0.15, 0.2) is 60.7 Å². The van der Waals surface area contributed by atoms with Gasteiger partial charge in [-0.1, -0.05) is 81.4 Å². The molecule has 3 heteroatoms. The first kappa shape index (κ1) is 18.9. The fraction of sp³-hybridized carbons (Fsp3) is 0.364. The van der Waals surface area contributed by atoms with Crippen LogP contribution in [0.5, 0.6) is 0 Å². The quantitative estimate of drug-likeness (QED) is 0.760. The summed E-state index contributed by atoms with van der Waals surface area (Å²) in [6.45, 7) is 8.08. The molecule has 0 fully saturated rings. The van der Waals surface area contributed by atoms with E-state index in [9.17, 15) is 9.59 Å². The number of carbonyl (C=O) groups is 2. The van der Waals surface area contributed by atoms with Gasteiger partial charge in [-0.25, -0.2) is 0 Å². The number of carbonyl (C=O) groups excluding carboxylic acids is 2. The minimum absolute atomic E-state index is 0.0739. The third kappa shape index (κ3) is 5.56. The monoisotopic (exact) mass is 337 g/mol. The summed E-state index contributed by atoms with van der Waals surface area (Å²) in [6.07, 6.45) is 0.422. The van der Waals surface area contributed by atoms with Gasteiger partial charge in [-0.3, -0.25) is 9.59 Å². The SMILES string of the molecule is CC(=O)N(Cc1ccccc1)C(C(=O)CC(C)(C)C)c1ccccc1. The number of ketones is 1. The molecule has 0 spiro atoms. The minimum Gasteiger partial charge on any atom is -0.324 e. The van der Waals surface area contributed by atoms with Crippen molar-refractivity contribution in [1.29, 1.82) is 0 Å². The van der Waals surface area contributed by atoms with Crippen molar-refractivity contribution in [3.05, 3.63) is 71.8 Å².